The van der Waals surface area contributed by atoms with E-state index in [0.29, 0.717) is 28.8 Å². The number of carboxylic acid groups (broad SMARTS) is 1. The lowest BCUT2D eigenvalue weighted by Crippen LogP contribution is -2.30. The third kappa shape index (κ3) is 6.82. The largest absolute Gasteiger partial charge is 0.492 e. The van der Waals surface area contributed by atoms with Gasteiger partial charge in [-0.3, -0.25) is 14.6 Å². The van der Waals surface area contributed by atoms with Gasteiger partial charge in [-0.2, -0.15) is 0 Å². The Kier molecular flexibility index (Phi) is 8.88. The number of ether oxygens (including phenoxy) is 1. The van der Waals surface area contributed by atoms with Crippen LogP contribution in [0, 0.1) is 0 Å². The van der Waals surface area contributed by atoms with Crippen LogP contribution in [0.15, 0.2) is 89.8 Å². The molecule has 4 aromatic carbocycles. The lowest BCUT2D eigenvalue weighted by Gasteiger charge is -2.17. The van der Waals surface area contributed by atoms with Crippen molar-refractivity contribution >= 4 is 57.0 Å². The summed E-state index contributed by atoms with van der Waals surface area (Å²) in [6.45, 7) is 4.11. The predicted octanol–water partition coefficient (Wildman–Crippen LogP) is 7.12. The lowest BCUT2D eigenvalue weighted by atomic mass is 9.99. The van der Waals surface area contributed by atoms with Crippen LogP contribution >= 0.6 is 24.0 Å². The first-order valence-electron chi connectivity index (χ1n) is 14.5. The number of carbonyl (C=O) groups excluding carboxylic acids is 1. The van der Waals surface area contributed by atoms with Crippen molar-refractivity contribution in [3.05, 3.63) is 107 Å². The average Bonchev–Trinajstić information content (AvgIpc) is 3.64. The number of likely N-dealkylation sites (tertiary alicyclic amines) is 1. The maximum Gasteiger partial charge on any atom is 0.335 e. The summed E-state index contributed by atoms with van der Waals surface area (Å²) in [5.74, 6) is -0.346. The summed E-state index contributed by atoms with van der Waals surface area (Å²) < 4.78 is 6.81. The average molecular weight is 609 g/mol. The van der Waals surface area contributed by atoms with Crippen LogP contribution in [0.25, 0.3) is 28.0 Å². The van der Waals surface area contributed by atoms with Gasteiger partial charge in [0.15, 0.2) is 0 Å². The Bertz CT molecular complexity index is 1710. The number of thiocarbonyl (C=S) groups is 1. The van der Waals surface area contributed by atoms with Gasteiger partial charge in [-0.15, -0.1) is 0 Å². The van der Waals surface area contributed by atoms with E-state index in [1.165, 1.54) is 35.4 Å². The standard InChI is InChI=1S/C35H32N2O4S2/c38-33-32(43-35(42)37(33)18-15-24-7-9-26(10-8-24)34(39)40)23-30-22-29(28-12-11-25-5-1-2-6-27(25)21-28)13-14-31(30)41-20-19-36-16-3-4-17-36/h1-2,5-14,21-23H,3-4,15-20H2,(H,39,40). The number of fused-ring (bicyclic) bond motifs is 1. The van der Waals surface area contributed by atoms with E-state index in [0.717, 1.165) is 47.6 Å². The third-order valence-electron chi connectivity index (χ3n) is 7.94. The molecule has 1 N–H and O–H groups in total. The molecule has 2 heterocycles. The second-order valence-corrected chi connectivity index (χ2v) is 12.5. The molecule has 2 aliphatic rings. The van der Waals surface area contributed by atoms with E-state index in [4.69, 9.17) is 22.1 Å². The van der Waals surface area contributed by atoms with Gasteiger partial charge in [0.25, 0.3) is 5.91 Å². The van der Waals surface area contributed by atoms with Crippen LogP contribution < -0.4 is 4.74 Å². The van der Waals surface area contributed by atoms with E-state index < -0.39 is 5.97 Å². The number of carbonyl (C=O) groups is 2. The molecule has 0 radical (unpaired) electrons. The van der Waals surface area contributed by atoms with Gasteiger partial charge < -0.3 is 9.84 Å². The fourth-order valence-electron chi connectivity index (χ4n) is 5.52. The van der Waals surface area contributed by atoms with Gasteiger partial charge in [-0.05, 0) is 96.2 Å². The first kappa shape index (κ1) is 29.1. The minimum Gasteiger partial charge on any atom is -0.492 e. The fraction of sp³-hybridized carbons (Fsp3) is 0.229. The molecule has 0 aliphatic carbocycles. The van der Waals surface area contributed by atoms with E-state index in [9.17, 15) is 9.59 Å². The Morgan fingerprint density at radius 1 is 0.907 bits per heavy atom. The zero-order valence-corrected chi connectivity index (χ0v) is 25.3. The number of amides is 1. The lowest BCUT2D eigenvalue weighted by molar-refractivity contribution is -0.122. The van der Waals surface area contributed by atoms with Crippen LogP contribution in [-0.2, 0) is 11.2 Å². The Hall–Kier alpha value is -3.98. The zero-order valence-electron chi connectivity index (χ0n) is 23.7. The van der Waals surface area contributed by atoms with Crippen molar-refractivity contribution in [1.29, 1.82) is 0 Å². The van der Waals surface area contributed by atoms with Crippen molar-refractivity contribution in [2.75, 3.05) is 32.8 Å². The molecule has 0 bridgehead atoms. The van der Waals surface area contributed by atoms with E-state index in [1.54, 1.807) is 29.2 Å². The van der Waals surface area contributed by atoms with Crippen LogP contribution in [0.3, 0.4) is 0 Å². The Labute approximate surface area is 261 Å². The summed E-state index contributed by atoms with van der Waals surface area (Å²) in [6, 6.07) is 27.6. The van der Waals surface area contributed by atoms with Crippen LogP contribution in [0.4, 0.5) is 0 Å². The number of rotatable bonds is 10. The molecule has 0 atom stereocenters. The van der Waals surface area contributed by atoms with Crippen molar-refractivity contribution in [2.45, 2.75) is 19.3 Å². The van der Waals surface area contributed by atoms with E-state index in [1.807, 2.05) is 24.3 Å². The Balaban J connectivity index is 1.24. The van der Waals surface area contributed by atoms with Crippen LogP contribution in [0.2, 0.25) is 0 Å². The summed E-state index contributed by atoms with van der Waals surface area (Å²) in [6.07, 6.45) is 4.95. The third-order valence-corrected chi connectivity index (χ3v) is 9.32. The van der Waals surface area contributed by atoms with Gasteiger partial charge in [0.1, 0.15) is 16.7 Å². The molecule has 8 heteroatoms. The second-order valence-electron chi connectivity index (χ2n) is 10.8. The smallest absolute Gasteiger partial charge is 0.335 e. The highest BCUT2D eigenvalue weighted by Crippen LogP contribution is 2.36. The summed E-state index contributed by atoms with van der Waals surface area (Å²) in [5.41, 5.74) is 4.17. The maximum absolute atomic E-state index is 13.5. The van der Waals surface area contributed by atoms with Crippen molar-refractivity contribution in [2.24, 2.45) is 0 Å². The molecule has 6 nitrogen and oxygen atoms in total. The second kappa shape index (κ2) is 13.1. The van der Waals surface area contributed by atoms with Crippen molar-refractivity contribution in [3.63, 3.8) is 0 Å². The first-order chi connectivity index (χ1) is 20.9. The summed E-state index contributed by atoms with van der Waals surface area (Å²) in [7, 11) is 0. The van der Waals surface area contributed by atoms with Gasteiger partial charge >= 0.3 is 5.97 Å². The SMILES string of the molecule is O=C(O)c1ccc(CCN2C(=O)C(=Cc3cc(-c4ccc5ccccc5c4)ccc3OCCN3CCCC3)SC2=S)cc1. The highest BCUT2D eigenvalue weighted by Gasteiger charge is 2.32. The topological polar surface area (TPSA) is 70.1 Å². The van der Waals surface area contributed by atoms with E-state index >= 15 is 0 Å². The zero-order chi connectivity index (χ0) is 29.8. The molecule has 2 aliphatic heterocycles. The number of carboxylic acids is 1. The molecule has 6 rings (SSSR count). The minimum atomic E-state index is -0.960. The number of aromatic carboxylic acids is 1. The normalized spacial score (nSPS) is 16.5. The summed E-state index contributed by atoms with van der Waals surface area (Å²) in [5, 5.41) is 11.5. The molecule has 218 valence electrons. The van der Waals surface area contributed by atoms with Gasteiger partial charge in [0, 0.05) is 18.7 Å². The Morgan fingerprint density at radius 2 is 1.63 bits per heavy atom. The fourth-order valence-corrected chi connectivity index (χ4v) is 6.82. The molecule has 0 saturated carbocycles. The quantitative estimate of drug-likeness (QED) is 0.152. The van der Waals surface area contributed by atoms with Gasteiger partial charge in [0.2, 0.25) is 0 Å². The minimum absolute atomic E-state index is 0.128. The highest BCUT2D eigenvalue weighted by atomic mass is 32.2. The summed E-state index contributed by atoms with van der Waals surface area (Å²) in [4.78, 5) is 29.3. The molecule has 0 unspecified atom stereocenters. The van der Waals surface area contributed by atoms with Crippen LogP contribution in [0.5, 0.6) is 5.75 Å². The molecule has 0 spiro atoms. The number of hydrogen-bond donors (Lipinski definition) is 1. The van der Waals surface area contributed by atoms with Gasteiger partial charge in [-0.1, -0.05) is 78.6 Å². The number of benzene rings is 4. The van der Waals surface area contributed by atoms with Gasteiger partial charge in [0.05, 0.1) is 10.5 Å². The van der Waals surface area contributed by atoms with Crippen LogP contribution in [0.1, 0.15) is 34.3 Å². The number of nitrogens with zero attached hydrogens (tertiary/aromatic N) is 2. The predicted molar refractivity (Wildman–Crippen MR) is 178 cm³/mol. The first-order valence-corrected chi connectivity index (χ1v) is 15.7. The Morgan fingerprint density at radius 3 is 2.40 bits per heavy atom. The van der Waals surface area contributed by atoms with Crippen molar-refractivity contribution in [3.8, 4) is 16.9 Å². The van der Waals surface area contributed by atoms with Crippen LogP contribution in [-0.4, -0.2) is 63.9 Å². The molecule has 4 aromatic rings. The molecule has 43 heavy (non-hydrogen) atoms. The van der Waals surface area contributed by atoms with E-state index in [-0.39, 0.29) is 11.5 Å². The molecule has 2 fully saturated rings. The van der Waals surface area contributed by atoms with Crippen molar-refractivity contribution < 1.29 is 19.4 Å². The molecule has 1 amide bonds. The van der Waals surface area contributed by atoms with Gasteiger partial charge in [-0.25, -0.2) is 4.79 Å². The van der Waals surface area contributed by atoms with E-state index in [2.05, 4.69) is 47.4 Å². The number of hydrogen-bond acceptors (Lipinski definition) is 6. The maximum atomic E-state index is 13.5. The molecular formula is C35H32N2O4S2. The molecule has 0 aromatic heterocycles. The molecule has 2 saturated heterocycles. The van der Waals surface area contributed by atoms with Crippen molar-refractivity contribution in [1.82, 2.24) is 9.80 Å². The monoisotopic (exact) mass is 608 g/mol. The molecular weight excluding hydrogens is 577 g/mol. The highest BCUT2D eigenvalue weighted by molar-refractivity contribution is 8.26. The number of thioether (sulfide) groups is 1. The summed E-state index contributed by atoms with van der Waals surface area (Å²) >= 11 is 6.91.